The highest BCUT2D eigenvalue weighted by molar-refractivity contribution is 7.80. The zero-order chi connectivity index (χ0) is 15.2. The molecule has 1 N–H and O–H groups in total. The number of oxime groups is 1. The summed E-state index contributed by atoms with van der Waals surface area (Å²) in [5.74, 6) is 0.133. The molecule has 114 valence electrons. The fraction of sp³-hybridized carbons (Fsp3) is 0.273. The van der Waals surface area contributed by atoms with Crippen molar-refractivity contribution < 1.29 is 27.6 Å². The fourth-order valence-corrected chi connectivity index (χ4v) is 2.59. The Morgan fingerprint density at radius 3 is 2.95 bits per heavy atom. The summed E-state index contributed by atoms with van der Waals surface area (Å²) in [5, 5.41) is 3.89. The van der Waals surface area contributed by atoms with Crippen LogP contribution in [0.25, 0.3) is 0 Å². The number of carbonyl (C=O) groups is 1. The molecule has 1 aromatic rings. The van der Waals surface area contributed by atoms with Gasteiger partial charge in [0.2, 0.25) is 11.1 Å². The van der Waals surface area contributed by atoms with Gasteiger partial charge in [0.1, 0.15) is 6.61 Å². The molecule has 1 unspecified atom stereocenters. The van der Waals surface area contributed by atoms with E-state index >= 15 is 0 Å². The standard InChI is InChI=1S/C11H11ClN2O6S/c1-17-11(15)14-20-21(16)9-7(3-2-4-8(9)12)10-13-19-6-5-18-10/h2-4H,5-6H2,1H3,(H,14,15). The molecule has 0 aliphatic carbocycles. The van der Waals surface area contributed by atoms with E-state index in [0.29, 0.717) is 18.8 Å². The van der Waals surface area contributed by atoms with Gasteiger partial charge in [0.25, 0.3) is 5.90 Å². The van der Waals surface area contributed by atoms with E-state index < -0.39 is 17.2 Å². The lowest BCUT2D eigenvalue weighted by Gasteiger charge is -2.16. The van der Waals surface area contributed by atoms with E-state index in [9.17, 15) is 9.00 Å². The summed E-state index contributed by atoms with van der Waals surface area (Å²) in [5.41, 5.74) is 2.20. The Kier molecular flexibility index (Phi) is 5.37. The molecule has 0 bridgehead atoms. The number of amides is 1. The molecule has 0 aromatic heterocycles. The van der Waals surface area contributed by atoms with Gasteiger partial charge in [0.15, 0.2) is 6.61 Å². The first-order valence-corrected chi connectivity index (χ1v) is 7.13. The summed E-state index contributed by atoms with van der Waals surface area (Å²) in [7, 11) is 1.14. The quantitative estimate of drug-likeness (QED) is 0.835. The normalized spacial score (nSPS) is 15.2. The molecule has 10 heteroatoms. The van der Waals surface area contributed by atoms with Gasteiger partial charge >= 0.3 is 6.09 Å². The molecule has 1 aliphatic rings. The van der Waals surface area contributed by atoms with E-state index in [1.165, 1.54) is 6.07 Å². The first-order valence-electron chi connectivity index (χ1n) is 5.68. The number of methoxy groups -OCH3 is 1. The molecule has 0 radical (unpaired) electrons. The van der Waals surface area contributed by atoms with E-state index in [1.54, 1.807) is 12.1 Å². The summed E-state index contributed by atoms with van der Waals surface area (Å²) in [6.45, 7) is 0.627. The molecule has 1 atom stereocenters. The van der Waals surface area contributed by atoms with Crippen molar-refractivity contribution in [1.82, 2.24) is 5.48 Å². The summed E-state index contributed by atoms with van der Waals surface area (Å²) in [6, 6.07) is 4.74. The molecule has 0 saturated carbocycles. The Labute approximate surface area is 127 Å². The van der Waals surface area contributed by atoms with Crippen molar-refractivity contribution in [2.24, 2.45) is 5.16 Å². The number of benzene rings is 1. The highest BCUT2D eigenvalue weighted by Gasteiger charge is 2.22. The number of nitrogens with zero attached hydrogens (tertiary/aromatic N) is 1. The van der Waals surface area contributed by atoms with Crippen LogP contribution in [-0.4, -0.2) is 36.5 Å². The number of hydroxylamine groups is 1. The van der Waals surface area contributed by atoms with Gasteiger partial charge in [0, 0.05) is 0 Å². The van der Waals surface area contributed by atoms with E-state index in [1.807, 2.05) is 5.48 Å². The smallest absolute Gasteiger partial charge is 0.432 e. The lowest BCUT2D eigenvalue weighted by atomic mass is 10.2. The lowest BCUT2D eigenvalue weighted by molar-refractivity contribution is 0.0653. The zero-order valence-corrected chi connectivity index (χ0v) is 12.4. The van der Waals surface area contributed by atoms with Crippen LogP contribution in [0.15, 0.2) is 28.3 Å². The second kappa shape index (κ2) is 7.25. The van der Waals surface area contributed by atoms with Crippen molar-refractivity contribution in [3.63, 3.8) is 0 Å². The van der Waals surface area contributed by atoms with Gasteiger partial charge in [-0.1, -0.05) is 17.7 Å². The van der Waals surface area contributed by atoms with E-state index in [2.05, 4.69) is 9.89 Å². The Balaban J connectivity index is 2.27. The van der Waals surface area contributed by atoms with Crippen LogP contribution >= 0.6 is 11.6 Å². The van der Waals surface area contributed by atoms with Gasteiger partial charge in [-0.3, -0.25) is 0 Å². The van der Waals surface area contributed by atoms with Crippen LogP contribution in [0.3, 0.4) is 0 Å². The molecule has 1 aliphatic heterocycles. The maximum absolute atomic E-state index is 12.1. The first-order chi connectivity index (χ1) is 10.1. The van der Waals surface area contributed by atoms with Crippen molar-refractivity contribution >= 4 is 34.7 Å². The number of rotatable bonds is 4. The second-order valence-corrected chi connectivity index (χ2v) is 5.06. The monoisotopic (exact) mass is 334 g/mol. The van der Waals surface area contributed by atoms with Crippen LogP contribution in [0, 0.1) is 0 Å². The number of hydrogen-bond acceptors (Lipinski definition) is 7. The van der Waals surface area contributed by atoms with Crippen molar-refractivity contribution in [1.29, 1.82) is 0 Å². The lowest BCUT2D eigenvalue weighted by Crippen LogP contribution is -2.25. The summed E-state index contributed by atoms with van der Waals surface area (Å²) >= 11 is 3.93. The minimum Gasteiger partial charge on any atom is -0.471 e. The van der Waals surface area contributed by atoms with Crippen LogP contribution < -0.4 is 5.48 Å². The Morgan fingerprint density at radius 1 is 1.48 bits per heavy atom. The highest BCUT2D eigenvalue weighted by atomic mass is 35.5. The molecule has 1 amide bonds. The predicted octanol–water partition coefficient (Wildman–Crippen LogP) is 1.36. The third-order valence-electron chi connectivity index (χ3n) is 2.31. The van der Waals surface area contributed by atoms with Crippen LogP contribution in [0.1, 0.15) is 5.56 Å². The summed E-state index contributed by atoms with van der Waals surface area (Å²) in [6.07, 6.45) is -0.897. The van der Waals surface area contributed by atoms with Crippen molar-refractivity contribution in [2.45, 2.75) is 4.90 Å². The zero-order valence-electron chi connectivity index (χ0n) is 10.8. The molecule has 2 rings (SSSR count). The average Bonchev–Trinajstić information content (AvgIpc) is 2.52. The average molecular weight is 335 g/mol. The largest absolute Gasteiger partial charge is 0.471 e. The van der Waals surface area contributed by atoms with Gasteiger partial charge in [-0.15, -0.1) is 0 Å². The van der Waals surface area contributed by atoms with E-state index in [0.717, 1.165) is 7.11 Å². The van der Waals surface area contributed by atoms with E-state index in [-0.39, 0.29) is 15.8 Å². The molecule has 8 nitrogen and oxygen atoms in total. The SMILES string of the molecule is COC(=O)NOS(=O)c1c(Cl)cccc1C1=NOCCO1. The first kappa shape index (κ1) is 15.5. The number of carbonyl (C=O) groups excluding carboxylic acids is 1. The number of halogens is 1. The Bertz CT molecular complexity index is 594. The highest BCUT2D eigenvalue weighted by Crippen LogP contribution is 2.25. The number of nitrogens with one attached hydrogen (secondary N) is 1. The van der Waals surface area contributed by atoms with Gasteiger partial charge in [0.05, 0.1) is 22.6 Å². The number of ether oxygens (including phenoxy) is 2. The molecule has 0 spiro atoms. The molecule has 21 heavy (non-hydrogen) atoms. The van der Waals surface area contributed by atoms with Gasteiger partial charge < -0.3 is 14.3 Å². The molecular weight excluding hydrogens is 324 g/mol. The maximum Gasteiger partial charge on any atom is 0.432 e. The third kappa shape index (κ3) is 3.84. The minimum atomic E-state index is -2.09. The van der Waals surface area contributed by atoms with E-state index in [4.69, 9.17) is 25.5 Å². The molecular formula is C11H11ClN2O6S. The van der Waals surface area contributed by atoms with Crippen molar-refractivity contribution in [2.75, 3.05) is 20.3 Å². The maximum atomic E-state index is 12.1. The molecule has 0 saturated heterocycles. The van der Waals surface area contributed by atoms with Gasteiger partial charge in [-0.05, 0) is 17.3 Å². The molecule has 0 fully saturated rings. The Morgan fingerprint density at radius 2 is 2.29 bits per heavy atom. The second-order valence-electron chi connectivity index (χ2n) is 3.61. The fourth-order valence-electron chi connectivity index (χ4n) is 1.43. The topological polar surface area (TPSA) is 95.5 Å². The third-order valence-corrected chi connectivity index (χ3v) is 3.75. The molecule has 1 heterocycles. The van der Waals surface area contributed by atoms with Crippen LogP contribution in [0.4, 0.5) is 4.79 Å². The van der Waals surface area contributed by atoms with Gasteiger partial charge in [-0.25, -0.2) is 9.00 Å². The Hall–Kier alpha value is -1.84. The number of hydrogen-bond donors (Lipinski definition) is 1. The van der Waals surface area contributed by atoms with Crippen molar-refractivity contribution in [3.05, 3.63) is 28.8 Å². The minimum absolute atomic E-state index is 0.0971. The summed E-state index contributed by atoms with van der Waals surface area (Å²) < 4.78 is 26.5. The van der Waals surface area contributed by atoms with Gasteiger partial charge in [-0.2, -0.15) is 9.76 Å². The predicted molar refractivity (Wildman–Crippen MR) is 72.9 cm³/mol. The van der Waals surface area contributed by atoms with Crippen LogP contribution in [0.2, 0.25) is 5.02 Å². The van der Waals surface area contributed by atoms with Crippen LogP contribution in [0.5, 0.6) is 0 Å². The summed E-state index contributed by atoms with van der Waals surface area (Å²) in [4.78, 5) is 15.9. The molecule has 1 aromatic carbocycles. The van der Waals surface area contributed by atoms with Crippen LogP contribution in [-0.2, 0) is 29.7 Å². The van der Waals surface area contributed by atoms with Crippen molar-refractivity contribution in [3.8, 4) is 0 Å².